The normalized spacial score (nSPS) is 10.6. The number of ether oxygens (including phenoxy) is 1. The van der Waals surface area contributed by atoms with Gasteiger partial charge >= 0.3 is 0 Å². The summed E-state index contributed by atoms with van der Waals surface area (Å²) in [5.74, 6) is 0.559. The minimum Gasteiger partial charge on any atom is -0.483 e. The van der Waals surface area contributed by atoms with E-state index >= 15 is 0 Å². The van der Waals surface area contributed by atoms with Crippen LogP contribution in [0.2, 0.25) is 5.02 Å². The van der Waals surface area contributed by atoms with E-state index in [2.05, 4.69) is 10.6 Å². The summed E-state index contributed by atoms with van der Waals surface area (Å²) in [5.41, 5.74) is 0.951. The van der Waals surface area contributed by atoms with Crippen LogP contribution in [0.1, 0.15) is 26.3 Å². The van der Waals surface area contributed by atoms with Crippen LogP contribution in [0, 0.1) is 0 Å². The lowest BCUT2D eigenvalue weighted by Gasteiger charge is -2.13. The van der Waals surface area contributed by atoms with Gasteiger partial charge in [0.25, 0.3) is 5.91 Å². The third-order valence-corrected chi connectivity index (χ3v) is 2.63. The van der Waals surface area contributed by atoms with Crippen molar-refractivity contribution in [3.63, 3.8) is 0 Å². The molecular weight excluding hydrogens is 264 g/mol. The molecule has 1 aromatic carbocycles. The smallest absolute Gasteiger partial charge is 0.258 e. The van der Waals surface area contributed by atoms with Gasteiger partial charge in [-0.05, 0) is 38.6 Å². The van der Waals surface area contributed by atoms with Crippen molar-refractivity contribution >= 4 is 17.5 Å². The number of rotatable bonds is 7. The molecule has 0 aromatic heterocycles. The average molecular weight is 285 g/mol. The Bertz CT molecular complexity index is 422. The molecule has 0 saturated carbocycles. The summed E-state index contributed by atoms with van der Waals surface area (Å²) in [4.78, 5) is 11.5. The second-order valence-corrected chi connectivity index (χ2v) is 4.98. The summed E-state index contributed by atoms with van der Waals surface area (Å²) in [7, 11) is 0. The summed E-state index contributed by atoms with van der Waals surface area (Å²) in [6.07, 6.45) is 0. The van der Waals surface area contributed by atoms with E-state index in [0.29, 0.717) is 17.3 Å². The van der Waals surface area contributed by atoms with Crippen molar-refractivity contribution < 1.29 is 9.53 Å². The van der Waals surface area contributed by atoms with E-state index in [1.54, 1.807) is 12.1 Å². The van der Waals surface area contributed by atoms with Crippen LogP contribution in [-0.4, -0.2) is 25.1 Å². The lowest BCUT2D eigenvalue weighted by Crippen LogP contribution is -2.34. The van der Waals surface area contributed by atoms with E-state index in [0.717, 1.165) is 12.1 Å². The van der Waals surface area contributed by atoms with Gasteiger partial charge in [0.2, 0.25) is 0 Å². The molecule has 0 heterocycles. The van der Waals surface area contributed by atoms with Gasteiger partial charge < -0.3 is 15.4 Å². The van der Waals surface area contributed by atoms with E-state index in [9.17, 15) is 4.79 Å². The lowest BCUT2D eigenvalue weighted by atomic mass is 10.2. The van der Waals surface area contributed by atoms with Crippen LogP contribution in [0.4, 0.5) is 0 Å². The molecule has 0 unspecified atom stereocenters. The first-order valence-electron chi connectivity index (χ1n) is 6.44. The monoisotopic (exact) mass is 284 g/mol. The molecule has 19 heavy (non-hydrogen) atoms. The van der Waals surface area contributed by atoms with Crippen LogP contribution in [-0.2, 0) is 11.3 Å². The van der Waals surface area contributed by atoms with Crippen molar-refractivity contribution in [1.82, 2.24) is 10.6 Å². The lowest BCUT2D eigenvalue weighted by molar-refractivity contribution is -0.123. The fourth-order valence-electron chi connectivity index (χ4n) is 1.59. The number of carbonyl (C=O) groups excluding carboxylic acids is 1. The SMILES string of the molecule is CCNCc1cc(Cl)ccc1OCC(=O)NC(C)C. The highest BCUT2D eigenvalue weighted by Crippen LogP contribution is 2.22. The van der Waals surface area contributed by atoms with Gasteiger partial charge in [0, 0.05) is 23.2 Å². The maximum absolute atomic E-state index is 11.5. The summed E-state index contributed by atoms with van der Waals surface area (Å²) in [5, 5.41) is 6.65. The molecule has 0 aliphatic carbocycles. The highest BCUT2D eigenvalue weighted by molar-refractivity contribution is 6.30. The fraction of sp³-hybridized carbons (Fsp3) is 0.500. The molecule has 0 aliphatic heterocycles. The van der Waals surface area contributed by atoms with Crippen molar-refractivity contribution in [3.05, 3.63) is 28.8 Å². The zero-order valence-electron chi connectivity index (χ0n) is 11.6. The molecule has 4 nitrogen and oxygen atoms in total. The summed E-state index contributed by atoms with van der Waals surface area (Å²) < 4.78 is 5.54. The third kappa shape index (κ3) is 5.94. The summed E-state index contributed by atoms with van der Waals surface area (Å²) in [6, 6.07) is 5.51. The first kappa shape index (κ1) is 15.8. The van der Waals surface area contributed by atoms with E-state index in [-0.39, 0.29) is 18.6 Å². The minimum atomic E-state index is -0.126. The van der Waals surface area contributed by atoms with E-state index in [4.69, 9.17) is 16.3 Å². The minimum absolute atomic E-state index is 0.0128. The van der Waals surface area contributed by atoms with Crippen LogP contribution in [0.3, 0.4) is 0 Å². The van der Waals surface area contributed by atoms with Crippen molar-refractivity contribution in [1.29, 1.82) is 0 Å². The Morgan fingerprint density at radius 2 is 2.16 bits per heavy atom. The van der Waals surface area contributed by atoms with Gasteiger partial charge in [-0.15, -0.1) is 0 Å². The van der Waals surface area contributed by atoms with Crippen molar-refractivity contribution in [2.75, 3.05) is 13.2 Å². The van der Waals surface area contributed by atoms with Crippen LogP contribution in [0.25, 0.3) is 0 Å². The summed E-state index contributed by atoms with van der Waals surface area (Å²) in [6.45, 7) is 7.39. The van der Waals surface area contributed by atoms with Crippen LogP contribution < -0.4 is 15.4 Å². The van der Waals surface area contributed by atoms with Crippen LogP contribution >= 0.6 is 11.6 Å². The molecule has 0 aliphatic rings. The first-order chi connectivity index (χ1) is 9.02. The number of halogens is 1. The number of benzene rings is 1. The van der Waals surface area contributed by atoms with E-state index in [1.165, 1.54) is 0 Å². The first-order valence-corrected chi connectivity index (χ1v) is 6.82. The Morgan fingerprint density at radius 3 is 2.79 bits per heavy atom. The highest BCUT2D eigenvalue weighted by Gasteiger charge is 2.08. The summed E-state index contributed by atoms with van der Waals surface area (Å²) >= 11 is 5.96. The zero-order valence-corrected chi connectivity index (χ0v) is 12.4. The average Bonchev–Trinajstić information content (AvgIpc) is 2.34. The zero-order chi connectivity index (χ0) is 14.3. The molecule has 1 aromatic rings. The molecule has 1 rings (SSSR count). The molecule has 2 N–H and O–H groups in total. The van der Waals surface area contributed by atoms with Crippen molar-refractivity contribution in [2.24, 2.45) is 0 Å². The van der Waals surface area contributed by atoms with Gasteiger partial charge in [0.15, 0.2) is 6.61 Å². The molecule has 0 saturated heterocycles. The van der Waals surface area contributed by atoms with E-state index in [1.807, 2.05) is 26.8 Å². The molecule has 5 heteroatoms. The van der Waals surface area contributed by atoms with Crippen LogP contribution in [0.15, 0.2) is 18.2 Å². The number of hydrogen-bond donors (Lipinski definition) is 2. The second kappa shape index (κ2) is 8.02. The number of carbonyl (C=O) groups is 1. The predicted molar refractivity (Wildman–Crippen MR) is 77.6 cm³/mol. The van der Waals surface area contributed by atoms with Gasteiger partial charge in [-0.25, -0.2) is 0 Å². The van der Waals surface area contributed by atoms with Crippen molar-refractivity contribution in [2.45, 2.75) is 33.4 Å². The molecule has 0 radical (unpaired) electrons. The van der Waals surface area contributed by atoms with Gasteiger partial charge in [-0.3, -0.25) is 4.79 Å². The standard InChI is InChI=1S/C14H21ClN2O2/c1-4-16-8-11-7-12(15)5-6-13(11)19-9-14(18)17-10(2)3/h5-7,10,16H,4,8-9H2,1-3H3,(H,17,18). The molecule has 1 amide bonds. The Morgan fingerprint density at radius 1 is 1.42 bits per heavy atom. The third-order valence-electron chi connectivity index (χ3n) is 2.40. The molecule has 0 fully saturated rings. The van der Waals surface area contributed by atoms with Crippen molar-refractivity contribution in [3.8, 4) is 5.75 Å². The molecule has 0 spiro atoms. The van der Waals surface area contributed by atoms with Gasteiger partial charge in [-0.2, -0.15) is 0 Å². The Kier molecular flexibility index (Phi) is 6.67. The predicted octanol–water partition coefficient (Wildman–Crippen LogP) is 2.35. The van der Waals surface area contributed by atoms with Gasteiger partial charge in [0.1, 0.15) is 5.75 Å². The second-order valence-electron chi connectivity index (χ2n) is 4.54. The number of hydrogen-bond acceptors (Lipinski definition) is 3. The molecule has 106 valence electrons. The van der Waals surface area contributed by atoms with Crippen LogP contribution in [0.5, 0.6) is 5.75 Å². The van der Waals surface area contributed by atoms with Gasteiger partial charge in [-0.1, -0.05) is 18.5 Å². The Hall–Kier alpha value is -1.26. The molecular formula is C14H21ClN2O2. The highest BCUT2D eigenvalue weighted by atomic mass is 35.5. The largest absolute Gasteiger partial charge is 0.483 e. The Balaban J connectivity index is 2.63. The topological polar surface area (TPSA) is 50.4 Å². The quantitative estimate of drug-likeness (QED) is 0.808. The Labute approximate surface area is 119 Å². The maximum Gasteiger partial charge on any atom is 0.258 e. The maximum atomic E-state index is 11.5. The molecule has 0 bridgehead atoms. The van der Waals surface area contributed by atoms with E-state index < -0.39 is 0 Å². The fourth-order valence-corrected chi connectivity index (χ4v) is 1.79. The molecule has 0 atom stereocenters. The number of nitrogens with one attached hydrogen (secondary N) is 2. The van der Waals surface area contributed by atoms with Gasteiger partial charge in [0.05, 0.1) is 0 Å². The number of amides is 1.